The zero-order valence-corrected chi connectivity index (χ0v) is 17.6. The van der Waals surface area contributed by atoms with Crippen molar-refractivity contribution < 1.29 is 8.91 Å². The van der Waals surface area contributed by atoms with Crippen molar-refractivity contribution in [3.8, 4) is 11.1 Å². The van der Waals surface area contributed by atoms with E-state index in [-0.39, 0.29) is 5.91 Å². The number of aryl methyl sites for hydroxylation is 1. The highest BCUT2D eigenvalue weighted by Crippen LogP contribution is 2.24. The second-order valence-electron chi connectivity index (χ2n) is 7.82. The first-order valence-electron chi connectivity index (χ1n) is 11.8. The third kappa shape index (κ3) is 4.15. The van der Waals surface area contributed by atoms with Crippen molar-refractivity contribution in [2.45, 2.75) is 0 Å². The van der Waals surface area contributed by atoms with Crippen LogP contribution >= 0.6 is 0 Å². The predicted molar refractivity (Wildman–Crippen MR) is 124 cm³/mol. The lowest BCUT2D eigenvalue weighted by molar-refractivity contribution is 0.102. The van der Waals surface area contributed by atoms with Crippen molar-refractivity contribution in [1.82, 2.24) is 29.9 Å². The van der Waals surface area contributed by atoms with Crippen LogP contribution in [0.15, 0.2) is 55.0 Å². The number of benzene rings is 1. The molecule has 0 aliphatic carbocycles. The molecule has 0 bridgehead atoms. The standard InChI is InChI=1S/C23H24N8O/c1-29-7-9-31(10-8-29)22-13-17(5-6-24-22)23(32)26-21-12-18-11-16(3-4-20(18)27-28-21)19-14-25-30(2)15-19/h3-6,11-15H,7-10H2,1-2H3,(H,26,28,32)/i2D3. The Morgan fingerprint density at radius 3 is 2.75 bits per heavy atom. The number of fused-ring (bicyclic) bond motifs is 1. The molecule has 1 amide bonds. The fraction of sp³-hybridized carbons (Fsp3) is 0.261. The molecule has 1 aromatic carbocycles. The number of hydrogen-bond donors (Lipinski definition) is 1. The van der Waals surface area contributed by atoms with Gasteiger partial charge in [-0.15, -0.1) is 10.2 Å². The Morgan fingerprint density at radius 1 is 1.06 bits per heavy atom. The Hall–Kier alpha value is -3.85. The van der Waals surface area contributed by atoms with E-state index in [0.29, 0.717) is 22.5 Å². The first-order valence-corrected chi connectivity index (χ1v) is 10.3. The summed E-state index contributed by atoms with van der Waals surface area (Å²) < 4.78 is 23.4. The van der Waals surface area contributed by atoms with Crippen LogP contribution in [0.2, 0.25) is 0 Å². The highest BCUT2D eigenvalue weighted by Gasteiger charge is 2.17. The molecule has 0 saturated carbocycles. The molecule has 9 nitrogen and oxygen atoms in total. The van der Waals surface area contributed by atoms with Crippen LogP contribution < -0.4 is 10.2 Å². The first kappa shape index (κ1) is 16.8. The molecule has 4 heterocycles. The van der Waals surface area contributed by atoms with Gasteiger partial charge in [0.25, 0.3) is 5.91 Å². The minimum absolute atomic E-state index is 0.300. The van der Waals surface area contributed by atoms with Gasteiger partial charge in [0.1, 0.15) is 5.82 Å². The van der Waals surface area contributed by atoms with Crippen molar-refractivity contribution >= 4 is 28.4 Å². The highest BCUT2D eigenvalue weighted by atomic mass is 16.1. The molecule has 3 aromatic heterocycles. The van der Waals surface area contributed by atoms with Gasteiger partial charge in [0, 0.05) is 66.2 Å². The number of likely N-dealkylation sites (N-methyl/N-ethyl adjacent to an activating group) is 1. The van der Waals surface area contributed by atoms with Gasteiger partial charge < -0.3 is 15.1 Å². The van der Waals surface area contributed by atoms with E-state index in [4.69, 9.17) is 4.11 Å². The van der Waals surface area contributed by atoms with Gasteiger partial charge in [0.05, 0.1) is 11.7 Å². The molecule has 4 aromatic rings. The second-order valence-corrected chi connectivity index (χ2v) is 7.82. The Morgan fingerprint density at radius 2 is 1.94 bits per heavy atom. The summed E-state index contributed by atoms with van der Waals surface area (Å²) >= 11 is 0. The van der Waals surface area contributed by atoms with Gasteiger partial charge in [-0.25, -0.2) is 4.98 Å². The van der Waals surface area contributed by atoms with Crippen LogP contribution in [0.3, 0.4) is 0 Å². The molecule has 0 unspecified atom stereocenters. The minimum Gasteiger partial charge on any atom is -0.354 e. The summed E-state index contributed by atoms with van der Waals surface area (Å²) in [5.74, 6) is 0.792. The summed E-state index contributed by atoms with van der Waals surface area (Å²) in [6.45, 7) is 1.28. The van der Waals surface area contributed by atoms with Gasteiger partial charge in [0.2, 0.25) is 0 Å². The molecule has 32 heavy (non-hydrogen) atoms. The third-order valence-corrected chi connectivity index (χ3v) is 5.58. The molecule has 1 N–H and O–H groups in total. The lowest BCUT2D eigenvalue weighted by Gasteiger charge is -2.33. The third-order valence-electron chi connectivity index (χ3n) is 5.58. The second kappa shape index (κ2) is 8.35. The van der Waals surface area contributed by atoms with Gasteiger partial charge in [-0.1, -0.05) is 6.07 Å². The van der Waals surface area contributed by atoms with Crippen LogP contribution in [-0.4, -0.2) is 69.0 Å². The average molecular weight is 432 g/mol. The molecular weight excluding hydrogens is 404 g/mol. The largest absolute Gasteiger partial charge is 0.354 e. The number of aromatic nitrogens is 5. The van der Waals surface area contributed by atoms with E-state index in [1.807, 2.05) is 12.1 Å². The topological polar surface area (TPSA) is 92.1 Å². The van der Waals surface area contributed by atoms with E-state index in [9.17, 15) is 4.79 Å². The Labute approximate surface area is 189 Å². The lowest BCUT2D eigenvalue weighted by Crippen LogP contribution is -2.44. The van der Waals surface area contributed by atoms with E-state index in [1.54, 1.807) is 30.5 Å². The lowest BCUT2D eigenvalue weighted by atomic mass is 10.1. The summed E-state index contributed by atoms with van der Waals surface area (Å²) in [5, 5.41) is 15.8. The molecule has 5 rings (SSSR count). The van der Waals surface area contributed by atoms with Crippen LogP contribution in [0.5, 0.6) is 0 Å². The minimum atomic E-state index is -2.34. The predicted octanol–water partition coefficient (Wildman–Crippen LogP) is 2.43. The summed E-state index contributed by atoms with van der Waals surface area (Å²) in [7, 11) is 2.09. The molecule has 1 fully saturated rings. The van der Waals surface area contributed by atoms with Gasteiger partial charge >= 0.3 is 0 Å². The number of carbonyl (C=O) groups excluding carboxylic acids is 1. The number of hydrogen-bond acceptors (Lipinski definition) is 7. The number of amides is 1. The quantitative estimate of drug-likeness (QED) is 0.531. The molecule has 162 valence electrons. The smallest absolute Gasteiger partial charge is 0.257 e. The number of rotatable bonds is 4. The number of nitrogens with one attached hydrogen (secondary N) is 1. The normalized spacial score (nSPS) is 16.4. The van der Waals surface area contributed by atoms with Gasteiger partial charge in [-0.05, 0) is 42.9 Å². The van der Waals surface area contributed by atoms with Gasteiger partial charge in [-0.2, -0.15) is 5.10 Å². The summed E-state index contributed by atoms with van der Waals surface area (Å²) in [5.41, 5.74) is 2.58. The maximum atomic E-state index is 12.9. The van der Waals surface area contributed by atoms with Crippen molar-refractivity contribution in [2.75, 3.05) is 43.4 Å². The molecule has 0 spiro atoms. The van der Waals surface area contributed by atoms with Crippen LogP contribution in [0, 0.1) is 0 Å². The Kier molecular flexibility index (Phi) is 4.38. The monoisotopic (exact) mass is 431 g/mol. The zero-order valence-electron chi connectivity index (χ0n) is 20.6. The maximum Gasteiger partial charge on any atom is 0.257 e. The molecule has 1 saturated heterocycles. The van der Waals surface area contributed by atoms with E-state index in [2.05, 4.69) is 42.4 Å². The fourth-order valence-electron chi connectivity index (χ4n) is 3.71. The molecule has 0 atom stereocenters. The molecule has 1 aliphatic heterocycles. The van der Waals surface area contributed by atoms with Crippen LogP contribution in [-0.2, 0) is 6.98 Å². The number of anilines is 2. The van der Waals surface area contributed by atoms with Crippen molar-refractivity contribution in [2.24, 2.45) is 6.98 Å². The van der Waals surface area contributed by atoms with Crippen LogP contribution in [0.4, 0.5) is 11.6 Å². The van der Waals surface area contributed by atoms with Crippen molar-refractivity contribution in [3.05, 3.63) is 60.6 Å². The van der Waals surface area contributed by atoms with Gasteiger partial charge in [0.15, 0.2) is 5.82 Å². The first-order chi connectivity index (χ1) is 16.8. The highest BCUT2D eigenvalue weighted by molar-refractivity contribution is 6.04. The van der Waals surface area contributed by atoms with Crippen LogP contribution in [0.25, 0.3) is 22.0 Å². The zero-order chi connectivity index (χ0) is 24.6. The maximum absolute atomic E-state index is 12.9. The number of nitrogens with zero attached hydrogens (tertiary/aromatic N) is 7. The number of piperazine rings is 1. The van der Waals surface area contributed by atoms with Gasteiger partial charge in [-0.3, -0.25) is 9.48 Å². The molecular formula is C23H24N8O. The number of carbonyl (C=O) groups is 1. The average Bonchev–Trinajstić information content (AvgIpc) is 3.35. The number of pyridine rings is 1. The molecule has 9 heteroatoms. The van der Waals surface area contributed by atoms with Crippen LogP contribution in [0.1, 0.15) is 14.5 Å². The Balaban J connectivity index is 1.35. The molecule has 1 aliphatic rings. The SMILES string of the molecule is [2H]C([2H])([2H])n1cc(-c2ccc3nnc(NC(=O)c4ccnc(N5CCN(C)CC5)c4)cc3c2)cn1. The Bertz CT molecular complexity index is 1380. The van der Waals surface area contributed by atoms with E-state index in [1.165, 1.54) is 12.4 Å². The summed E-state index contributed by atoms with van der Waals surface area (Å²) in [6.07, 6.45) is 4.62. The van der Waals surface area contributed by atoms with Crippen molar-refractivity contribution in [3.63, 3.8) is 0 Å². The fourth-order valence-corrected chi connectivity index (χ4v) is 3.71. The van der Waals surface area contributed by atoms with E-state index < -0.39 is 6.98 Å². The van der Waals surface area contributed by atoms with Crippen molar-refractivity contribution in [1.29, 1.82) is 0 Å². The van der Waals surface area contributed by atoms with E-state index in [0.717, 1.165) is 47.6 Å². The summed E-state index contributed by atoms with van der Waals surface area (Å²) in [6, 6.07) is 10.7. The summed E-state index contributed by atoms with van der Waals surface area (Å²) in [4.78, 5) is 21.8. The van der Waals surface area contributed by atoms with E-state index >= 15 is 0 Å². The molecule has 0 radical (unpaired) electrons.